The van der Waals surface area contributed by atoms with Crippen LogP contribution in [0.15, 0.2) is 6.20 Å². The maximum absolute atomic E-state index is 11.0. The van der Waals surface area contributed by atoms with E-state index in [-0.39, 0.29) is 6.54 Å². The van der Waals surface area contributed by atoms with Crippen LogP contribution in [-0.2, 0) is 11.3 Å². The number of nitrogens with zero attached hydrogens (tertiary/aromatic N) is 1. The molecule has 1 unspecified atom stereocenters. The van der Waals surface area contributed by atoms with Gasteiger partial charge in [-0.2, -0.15) is 0 Å². The molecule has 16 heavy (non-hydrogen) atoms. The smallest absolute Gasteiger partial charge is 0.226 e. The minimum Gasteiger partial charge on any atom is -0.369 e. The summed E-state index contributed by atoms with van der Waals surface area (Å²) >= 11 is 22.0. The van der Waals surface area contributed by atoms with Gasteiger partial charge in [-0.1, -0.05) is 34.8 Å². The number of rotatable bonds is 3. The van der Waals surface area contributed by atoms with E-state index in [0.29, 0.717) is 10.5 Å². The lowest BCUT2D eigenvalue weighted by Gasteiger charge is -2.10. The average Bonchev–Trinajstić information content (AvgIpc) is 2.43. The summed E-state index contributed by atoms with van der Waals surface area (Å²) in [6.45, 7) is 1.78. The van der Waals surface area contributed by atoms with Gasteiger partial charge >= 0.3 is 0 Å². The molecule has 0 aliphatic carbocycles. The highest BCUT2D eigenvalue weighted by Crippen LogP contribution is 2.28. The first-order valence-corrected chi connectivity index (χ1v) is 5.90. The summed E-state index contributed by atoms with van der Waals surface area (Å²) in [4.78, 5) is 13.8. The van der Waals surface area contributed by atoms with Crippen LogP contribution in [0.5, 0.6) is 0 Å². The molecule has 1 aromatic heterocycles. The molecule has 0 saturated carbocycles. The first kappa shape index (κ1) is 13.8. The lowest BCUT2D eigenvalue weighted by molar-refractivity contribution is -0.119. The molecule has 1 atom stereocenters. The van der Waals surface area contributed by atoms with E-state index in [2.05, 4.69) is 4.98 Å². The Balaban J connectivity index is 2.99. The Morgan fingerprint density at radius 3 is 2.69 bits per heavy atom. The fourth-order valence-corrected chi connectivity index (χ4v) is 1.76. The third-order valence-electron chi connectivity index (χ3n) is 2.05. The van der Waals surface area contributed by atoms with Crippen molar-refractivity contribution in [2.24, 2.45) is 5.73 Å². The number of aromatic nitrogens is 2. The van der Waals surface area contributed by atoms with Crippen LogP contribution in [0.3, 0.4) is 0 Å². The van der Waals surface area contributed by atoms with Crippen molar-refractivity contribution >= 4 is 52.9 Å². The molecule has 90 valence electrons. The van der Waals surface area contributed by atoms with E-state index in [1.807, 2.05) is 0 Å². The fraction of sp³-hybridized carbons (Fsp3) is 0.500. The van der Waals surface area contributed by atoms with E-state index in [9.17, 15) is 4.79 Å². The van der Waals surface area contributed by atoms with Crippen LogP contribution >= 0.6 is 47.0 Å². The van der Waals surface area contributed by atoms with E-state index in [1.165, 1.54) is 0 Å². The molecule has 0 aromatic carbocycles. The number of halogens is 3. The molecule has 3 N–H and O–H groups in total. The number of primary amides is 1. The van der Waals surface area contributed by atoms with Crippen molar-refractivity contribution < 1.29 is 4.79 Å². The van der Waals surface area contributed by atoms with Crippen LogP contribution in [-0.4, -0.2) is 19.3 Å². The van der Waals surface area contributed by atoms with Crippen molar-refractivity contribution in [1.29, 1.82) is 0 Å². The lowest BCUT2D eigenvalue weighted by Crippen LogP contribution is -2.19. The Hall–Kier alpha value is -0.230. The van der Waals surface area contributed by atoms with Crippen LogP contribution < -0.4 is 5.73 Å². The quantitative estimate of drug-likeness (QED) is 0.665. The fourth-order valence-electron chi connectivity index (χ4n) is 1.14. The molecule has 1 aromatic rings. The van der Waals surface area contributed by atoms with Crippen LogP contribution in [0.1, 0.15) is 18.5 Å². The normalized spacial score (nSPS) is 13.8. The molecule has 1 amide bonds. The van der Waals surface area contributed by atoms with Gasteiger partial charge in [0.05, 0.1) is 12.5 Å². The Morgan fingerprint density at radius 1 is 1.69 bits per heavy atom. The average molecular weight is 303 g/mol. The van der Waals surface area contributed by atoms with Crippen molar-refractivity contribution in [2.45, 2.75) is 23.2 Å². The molecule has 0 bridgehead atoms. The van der Waals surface area contributed by atoms with Crippen molar-refractivity contribution in [3.8, 4) is 0 Å². The molecule has 0 fully saturated rings. The second-order valence-corrected chi connectivity index (χ2v) is 6.28. The van der Waals surface area contributed by atoms with Gasteiger partial charge in [0.1, 0.15) is 0 Å². The van der Waals surface area contributed by atoms with Crippen LogP contribution in [0.4, 0.5) is 0 Å². The van der Waals surface area contributed by atoms with Gasteiger partial charge in [-0.15, -0.1) is 0 Å². The van der Waals surface area contributed by atoms with Crippen molar-refractivity contribution in [2.75, 3.05) is 0 Å². The Kier molecular flexibility index (Phi) is 4.29. The zero-order valence-electron chi connectivity index (χ0n) is 8.34. The van der Waals surface area contributed by atoms with Crippen molar-refractivity contribution in [1.82, 2.24) is 9.55 Å². The SMILES string of the molecule is CC(C(N)=O)c1cn(CC(Cl)(Cl)Cl)c(=S)[nH]1. The zero-order valence-corrected chi connectivity index (χ0v) is 11.4. The summed E-state index contributed by atoms with van der Waals surface area (Å²) in [5.74, 6) is -0.907. The second kappa shape index (κ2) is 4.96. The van der Waals surface area contributed by atoms with Crippen molar-refractivity contribution in [3.63, 3.8) is 0 Å². The number of H-pyrrole nitrogens is 1. The van der Waals surface area contributed by atoms with Crippen LogP contribution in [0, 0.1) is 4.77 Å². The Morgan fingerprint density at radius 2 is 2.25 bits per heavy atom. The predicted octanol–water partition coefficient (Wildman–Crippen LogP) is 2.50. The molecule has 0 radical (unpaired) electrons. The summed E-state index contributed by atoms with van der Waals surface area (Å²) in [7, 11) is 0. The highest BCUT2D eigenvalue weighted by molar-refractivity contribution is 7.71. The topological polar surface area (TPSA) is 63.8 Å². The number of imidazole rings is 1. The molecular formula is C8H10Cl3N3OS. The number of carbonyl (C=O) groups excluding carboxylic acids is 1. The molecule has 0 aliphatic rings. The zero-order chi connectivity index (χ0) is 12.5. The van der Waals surface area contributed by atoms with Gasteiger partial charge in [0, 0.05) is 11.9 Å². The van der Waals surface area contributed by atoms with E-state index >= 15 is 0 Å². The summed E-state index contributed by atoms with van der Waals surface area (Å²) in [6.07, 6.45) is 1.62. The standard InChI is InChI=1S/C8H10Cl3N3OS/c1-4(6(12)15)5-2-14(7(16)13-5)3-8(9,10)11/h2,4H,3H2,1H3,(H2,12,15)(H,13,16). The number of hydrogen-bond acceptors (Lipinski definition) is 2. The first-order valence-electron chi connectivity index (χ1n) is 4.36. The van der Waals surface area contributed by atoms with Gasteiger partial charge < -0.3 is 15.3 Å². The van der Waals surface area contributed by atoms with Gasteiger partial charge in [0.2, 0.25) is 9.70 Å². The first-order chi connectivity index (χ1) is 7.20. The van der Waals surface area contributed by atoms with Crippen LogP contribution in [0.2, 0.25) is 0 Å². The van der Waals surface area contributed by atoms with Gasteiger partial charge in [0.15, 0.2) is 4.77 Å². The monoisotopic (exact) mass is 301 g/mol. The summed E-state index contributed by atoms with van der Waals surface area (Å²) in [5, 5.41) is 0. The summed E-state index contributed by atoms with van der Waals surface area (Å²) < 4.78 is 0.500. The van der Waals surface area contributed by atoms with E-state index < -0.39 is 15.6 Å². The molecule has 0 saturated heterocycles. The second-order valence-electron chi connectivity index (χ2n) is 3.38. The third kappa shape index (κ3) is 3.66. The number of nitrogens with one attached hydrogen (secondary N) is 1. The van der Waals surface area contributed by atoms with Gasteiger partial charge in [0.25, 0.3) is 0 Å². The Labute approximate surface area is 113 Å². The van der Waals surface area contributed by atoms with Gasteiger partial charge in [-0.3, -0.25) is 4.79 Å². The molecular weight excluding hydrogens is 293 g/mol. The minimum atomic E-state index is -1.44. The number of carbonyl (C=O) groups is 1. The van der Waals surface area contributed by atoms with Gasteiger partial charge in [-0.25, -0.2) is 0 Å². The number of amides is 1. The predicted molar refractivity (Wildman–Crippen MR) is 67.5 cm³/mol. The maximum Gasteiger partial charge on any atom is 0.226 e. The van der Waals surface area contributed by atoms with E-state index in [0.717, 1.165) is 0 Å². The molecule has 4 nitrogen and oxygen atoms in total. The maximum atomic E-state index is 11.0. The Bertz CT molecular complexity index is 448. The summed E-state index contributed by atoms with van der Waals surface area (Å²) in [6, 6.07) is 0. The third-order valence-corrected chi connectivity index (χ3v) is 2.75. The number of aromatic amines is 1. The largest absolute Gasteiger partial charge is 0.369 e. The number of nitrogens with two attached hydrogens (primary N) is 1. The van der Waals surface area contributed by atoms with Crippen LogP contribution in [0.25, 0.3) is 0 Å². The lowest BCUT2D eigenvalue weighted by atomic mass is 10.1. The summed E-state index contributed by atoms with van der Waals surface area (Å²) in [5.41, 5.74) is 5.78. The van der Waals surface area contributed by atoms with E-state index in [1.54, 1.807) is 17.7 Å². The van der Waals surface area contributed by atoms with E-state index in [4.69, 9.17) is 52.8 Å². The molecule has 0 spiro atoms. The number of hydrogen-bond donors (Lipinski definition) is 2. The molecule has 0 aliphatic heterocycles. The highest BCUT2D eigenvalue weighted by Gasteiger charge is 2.22. The minimum absolute atomic E-state index is 0.110. The number of alkyl halides is 3. The molecule has 8 heteroatoms. The highest BCUT2D eigenvalue weighted by atomic mass is 35.6. The molecule has 1 rings (SSSR count). The van der Waals surface area contributed by atoms with Gasteiger partial charge in [-0.05, 0) is 19.1 Å². The van der Waals surface area contributed by atoms with Crippen molar-refractivity contribution in [3.05, 3.63) is 16.7 Å². The molecule has 1 heterocycles.